The van der Waals surface area contributed by atoms with Gasteiger partial charge in [0.2, 0.25) is 5.91 Å². The predicted molar refractivity (Wildman–Crippen MR) is 97.3 cm³/mol. The van der Waals surface area contributed by atoms with E-state index in [1.807, 2.05) is 60.7 Å². The molecule has 0 bridgehead atoms. The molecule has 3 aromatic carbocycles. The minimum atomic E-state index is -4.40. The lowest BCUT2D eigenvalue weighted by Gasteiger charge is -2.47. The van der Waals surface area contributed by atoms with Crippen LogP contribution in [0.25, 0.3) is 0 Å². The molecular weight excluding hydrogens is 351 g/mol. The van der Waals surface area contributed by atoms with Gasteiger partial charge in [-0.15, -0.1) is 0 Å². The Labute approximate surface area is 154 Å². The summed E-state index contributed by atoms with van der Waals surface area (Å²) in [6, 6.07) is 23.5. The minimum absolute atomic E-state index is 0.116. The molecule has 1 saturated heterocycles. The summed E-state index contributed by atoms with van der Waals surface area (Å²) in [6.07, 6.45) is -4.40. The SMILES string of the molecule is O=C1C(c2ccccc2)C(c2ccccc2)N1c1ccc(C(F)(F)F)cc1. The van der Waals surface area contributed by atoms with Crippen LogP contribution in [0.1, 0.15) is 28.7 Å². The molecule has 1 amide bonds. The number of hydrogen-bond donors (Lipinski definition) is 0. The zero-order valence-electron chi connectivity index (χ0n) is 14.2. The van der Waals surface area contributed by atoms with Crippen molar-refractivity contribution in [2.24, 2.45) is 0 Å². The van der Waals surface area contributed by atoms with E-state index in [9.17, 15) is 18.0 Å². The van der Waals surface area contributed by atoms with Crippen LogP contribution in [-0.2, 0) is 11.0 Å². The van der Waals surface area contributed by atoms with E-state index in [1.165, 1.54) is 12.1 Å². The number of anilines is 1. The van der Waals surface area contributed by atoms with E-state index >= 15 is 0 Å². The molecule has 2 unspecified atom stereocenters. The van der Waals surface area contributed by atoms with E-state index in [0.717, 1.165) is 23.3 Å². The second-order valence-corrected chi connectivity index (χ2v) is 6.50. The van der Waals surface area contributed by atoms with Gasteiger partial charge in [-0.3, -0.25) is 4.79 Å². The van der Waals surface area contributed by atoms with Crippen molar-refractivity contribution in [2.45, 2.75) is 18.1 Å². The Morgan fingerprint density at radius 3 is 1.74 bits per heavy atom. The number of benzene rings is 3. The third-order valence-electron chi connectivity index (χ3n) is 4.87. The molecule has 27 heavy (non-hydrogen) atoms. The Morgan fingerprint density at radius 2 is 1.22 bits per heavy atom. The first-order valence-corrected chi connectivity index (χ1v) is 8.57. The van der Waals surface area contributed by atoms with E-state index in [1.54, 1.807) is 4.90 Å². The zero-order chi connectivity index (χ0) is 19.0. The molecule has 1 heterocycles. The van der Waals surface area contributed by atoms with Gasteiger partial charge in [0.05, 0.1) is 17.5 Å². The fourth-order valence-electron chi connectivity index (χ4n) is 3.56. The van der Waals surface area contributed by atoms with Gasteiger partial charge >= 0.3 is 6.18 Å². The Morgan fingerprint density at radius 1 is 0.704 bits per heavy atom. The lowest BCUT2D eigenvalue weighted by atomic mass is 9.77. The van der Waals surface area contributed by atoms with Crippen LogP contribution >= 0.6 is 0 Å². The van der Waals surface area contributed by atoms with Crippen molar-refractivity contribution in [3.63, 3.8) is 0 Å². The minimum Gasteiger partial charge on any atom is -0.303 e. The molecule has 0 saturated carbocycles. The van der Waals surface area contributed by atoms with Gasteiger partial charge in [-0.1, -0.05) is 60.7 Å². The smallest absolute Gasteiger partial charge is 0.303 e. The summed E-state index contributed by atoms with van der Waals surface area (Å²) < 4.78 is 38.5. The standard InChI is InChI=1S/C22H16F3NO/c23-22(24,25)17-11-13-18(14-12-17)26-20(16-9-5-2-6-10-16)19(21(26)27)15-7-3-1-4-8-15/h1-14,19-20H. The van der Waals surface area contributed by atoms with Gasteiger partial charge in [-0.25, -0.2) is 0 Å². The van der Waals surface area contributed by atoms with Gasteiger partial charge < -0.3 is 4.90 Å². The molecule has 0 spiro atoms. The number of nitrogens with zero attached hydrogens (tertiary/aromatic N) is 1. The quantitative estimate of drug-likeness (QED) is 0.554. The van der Waals surface area contributed by atoms with Gasteiger partial charge in [0, 0.05) is 5.69 Å². The van der Waals surface area contributed by atoms with Crippen LogP contribution in [0, 0.1) is 0 Å². The molecule has 2 atom stereocenters. The number of carbonyl (C=O) groups is 1. The monoisotopic (exact) mass is 367 g/mol. The second kappa shape index (κ2) is 6.58. The average molecular weight is 367 g/mol. The van der Waals surface area contributed by atoms with Crippen molar-refractivity contribution in [2.75, 3.05) is 4.90 Å². The summed E-state index contributed by atoms with van der Waals surface area (Å²) in [7, 11) is 0. The topological polar surface area (TPSA) is 20.3 Å². The lowest BCUT2D eigenvalue weighted by molar-refractivity contribution is -0.137. The number of carbonyl (C=O) groups excluding carboxylic acids is 1. The number of alkyl halides is 3. The largest absolute Gasteiger partial charge is 0.416 e. The van der Waals surface area contributed by atoms with Gasteiger partial charge in [0.1, 0.15) is 0 Å². The summed E-state index contributed by atoms with van der Waals surface area (Å²) >= 11 is 0. The van der Waals surface area contributed by atoms with Crippen LogP contribution in [0.5, 0.6) is 0 Å². The van der Waals surface area contributed by atoms with Crippen LogP contribution in [0.2, 0.25) is 0 Å². The molecule has 0 aromatic heterocycles. The molecule has 1 fully saturated rings. The van der Waals surface area contributed by atoms with Gasteiger partial charge in [-0.05, 0) is 35.4 Å². The number of rotatable bonds is 3. The van der Waals surface area contributed by atoms with E-state index in [0.29, 0.717) is 5.69 Å². The van der Waals surface area contributed by atoms with Crippen molar-refractivity contribution in [3.8, 4) is 0 Å². The van der Waals surface area contributed by atoms with Crippen molar-refractivity contribution in [1.82, 2.24) is 0 Å². The van der Waals surface area contributed by atoms with Crippen LogP contribution in [-0.4, -0.2) is 5.91 Å². The molecule has 2 nitrogen and oxygen atoms in total. The molecule has 1 aliphatic rings. The highest BCUT2D eigenvalue weighted by Gasteiger charge is 2.49. The molecule has 4 rings (SSSR count). The first-order chi connectivity index (χ1) is 13.0. The first-order valence-electron chi connectivity index (χ1n) is 8.57. The van der Waals surface area contributed by atoms with E-state index in [4.69, 9.17) is 0 Å². The van der Waals surface area contributed by atoms with E-state index < -0.39 is 11.7 Å². The van der Waals surface area contributed by atoms with Crippen molar-refractivity contribution < 1.29 is 18.0 Å². The molecule has 136 valence electrons. The van der Waals surface area contributed by atoms with Crippen LogP contribution < -0.4 is 4.90 Å². The second-order valence-electron chi connectivity index (χ2n) is 6.50. The number of hydrogen-bond acceptors (Lipinski definition) is 1. The normalized spacial score (nSPS) is 19.7. The highest BCUT2D eigenvalue weighted by molar-refractivity contribution is 6.06. The highest BCUT2D eigenvalue weighted by Crippen LogP contribution is 2.49. The van der Waals surface area contributed by atoms with Crippen molar-refractivity contribution in [3.05, 3.63) is 102 Å². The van der Waals surface area contributed by atoms with Crippen LogP contribution in [0.4, 0.5) is 18.9 Å². The molecule has 0 radical (unpaired) electrons. The highest BCUT2D eigenvalue weighted by atomic mass is 19.4. The molecule has 0 aliphatic carbocycles. The van der Waals surface area contributed by atoms with Gasteiger partial charge in [0.25, 0.3) is 0 Å². The Balaban J connectivity index is 1.73. The molecule has 5 heteroatoms. The number of halogens is 3. The summed E-state index contributed by atoms with van der Waals surface area (Å²) in [5.41, 5.74) is 1.59. The fraction of sp³-hybridized carbons (Fsp3) is 0.136. The van der Waals surface area contributed by atoms with Crippen LogP contribution in [0.3, 0.4) is 0 Å². The predicted octanol–water partition coefficient (Wildman–Crippen LogP) is 5.58. The summed E-state index contributed by atoms with van der Waals surface area (Å²) in [6.45, 7) is 0. The summed E-state index contributed by atoms with van der Waals surface area (Å²) in [5, 5.41) is 0. The third kappa shape index (κ3) is 3.10. The number of β-lactam (4-membered cyclic amide) rings is 1. The Kier molecular flexibility index (Phi) is 4.22. The molecular formula is C22H16F3NO. The summed E-state index contributed by atoms with van der Waals surface area (Å²) in [4.78, 5) is 14.5. The maximum atomic E-state index is 12.9. The Bertz CT molecular complexity index is 937. The maximum absolute atomic E-state index is 12.9. The lowest BCUT2D eigenvalue weighted by Crippen LogP contribution is -2.53. The Hall–Kier alpha value is -3.08. The zero-order valence-corrected chi connectivity index (χ0v) is 14.2. The maximum Gasteiger partial charge on any atom is 0.416 e. The molecule has 0 N–H and O–H groups in total. The first kappa shape index (κ1) is 17.3. The van der Waals surface area contributed by atoms with Crippen molar-refractivity contribution in [1.29, 1.82) is 0 Å². The van der Waals surface area contributed by atoms with E-state index in [2.05, 4.69) is 0 Å². The fourth-order valence-corrected chi connectivity index (χ4v) is 3.56. The number of amides is 1. The summed E-state index contributed by atoms with van der Waals surface area (Å²) in [5.74, 6) is -0.467. The van der Waals surface area contributed by atoms with Crippen molar-refractivity contribution >= 4 is 11.6 Å². The van der Waals surface area contributed by atoms with Crippen LogP contribution in [0.15, 0.2) is 84.9 Å². The van der Waals surface area contributed by atoms with Gasteiger partial charge in [-0.2, -0.15) is 13.2 Å². The average Bonchev–Trinajstić information content (AvgIpc) is 2.67. The van der Waals surface area contributed by atoms with Gasteiger partial charge in [0.15, 0.2) is 0 Å². The third-order valence-corrected chi connectivity index (χ3v) is 4.87. The molecule has 3 aromatic rings. The van der Waals surface area contributed by atoms with E-state index in [-0.39, 0.29) is 17.9 Å². The molecule has 1 aliphatic heterocycles.